The fourth-order valence-electron chi connectivity index (χ4n) is 1.82. The lowest BCUT2D eigenvalue weighted by Gasteiger charge is -2.18. The third-order valence-corrected chi connectivity index (χ3v) is 3.30. The number of pyridine rings is 1. The molecule has 0 aliphatic carbocycles. The van der Waals surface area contributed by atoms with Gasteiger partial charge in [0.25, 0.3) is 0 Å². The van der Waals surface area contributed by atoms with Gasteiger partial charge in [0.2, 0.25) is 0 Å². The Bertz CT molecular complexity index is 625. The van der Waals surface area contributed by atoms with E-state index in [-0.39, 0.29) is 0 Å². The Labute approximate surface area is 125 Å². The molecule has 7 heteroatoms. The molecule has 2 aromatic rings. The van der Waals surface area contributed by atoms with E-state index in [0.717, 1.165) is 0 Å². The maximum atomic E-state index is 14.1. The molecule has 0 spiro atoms. The van der Waals surface area contributed by atoms with Gasteiger partial charge < -0.3 is 4.74 Å². The number of ether oxygens (including phenoxy) is 1. The van der Waals surface area contributed by atoms with Crippen molar-refractivity contribution in [1.82, 2.24) is 10.4 Å². The maximum absolute atomic E-state index is 14.1. The maximum Gasteiger partial charge on any atom is 0.132 e. The first-order valence-corrected chi connectivity index (χ1v) is 6.43. The molecule has 0 fully saturated rings. The summed E-state index contributed by atoms with van der Waals surface area (Å²) in [6, 6.07) is 5.30. The number of halogens is 3. The summed E-state index contributed by atoms with van der Waals surface area (Å²) in [5.41, 5.74) is 3.20. The number of hydrogen-bond donors (Lipinski definition) is 2. The third kappa shape index (κ3) is 3.02. The van der Waals surface area contributed by atoms with E-state index in [4.69, 9.17) is 33.8 Å². The third-order valence-electron chi connectivity index (χ3n) is 2.79. The van der Waals surface area contributed by atoms with Crippen molar-refractivity contribution in [2.24, 2.45) is 5.84 Å². The Balaban J connectivity index is 2.47. The lowest BCUT2D eigenvalue weighted by molar-refractivity contribution is 0.410. The highest BCUT2D eigenvalue weighted by Gasteiger charge is 2.21. The standard InChI is InChI=1S/C13H12Cl2FN3O/c1-20-8-2-3-9(11(16)5-8)12(19-17)13-10(15)4-7(14)6-18-13/h2-6,12,19H,17H2,1H3. The summed E-state index contributed by atoms with van der Waals surface area (Å²) in [7, 11) is 1.46. The Kier molecular flexibility index (Phi) is 4.77. The van der Waals surface area contributed by atoms with Gasteiger partial charge in [-0.25, -0.2) is 9.82 Å². The highest BCUT2D eigenvalue weighted by atomic mass is 35.5. The number of hydrogen-bond acceptors (Lipinski definition) is 4. The van der Waals surface area contributed by atoms with Gasteiger partial charge in [0, 0.05) is 17.8 Å². The van der Waals surface area contributed by atoms with Crippen LogP contribution in [0, 0.1) is 5.82 Å². The molecule has 1 atom stereocenters. The van der Waals surface area contributed by atoms with Crippen LogP contribution < -0.4 is 16.0 Å². The van der Waals surface area contributed by atoms with E-state index in [1.807, 2.05) is 0 Å². The molecule has 0 saturated heterocycles. The summed E-state index contributed by atoms with van der Waals surface area (Å²) in [6.07, 6.45) is 1.43. The number of hydrazine groups is 1. The van der Waals surface area contributed by atoms with Gasteiger partial charge in [0.05, 0.1) is 28.9 Å². The average Bonchev–Trinajstić information content (AvgIpc) is 2.43. The Hall–Kier alpha value is -1.40. The molecular weight excluding hydrogens is 304 g/mol. The van der Waals surface area contributed by atoms with Gasteiger partial charge in [0.1, 0.15) is 11.6 Å². The van der Waals surface area contributed by atoms with E-state index in [9.17, 15) is 4.39 Å². The normalized spacial score (nSPS) is 12.2. The zero-order valence-corrected chi connectivity index (χ0v) is 12.0. The predicted molar refractivity (Wildman–Crippen MR) is 76.4 cm³/mol. The summed E-state index contributed by atoms with van der Waals surface area (Å²) < 4.78 is 19.1. The molecule has 1 aromatic carbocycles. The lowest BCUT2D eigenvalue weighted by Crippen LogP contribution is -2.30. The van der Waals surface area contributed by atoms with E-state index in [2.05, 4.69) is 10.4 Å². The van der Waals surface area contributed by atoms with Crippen molar-refractivity contribution in [3.05, 3.63) is 57.6 Å². The minimum absolute atomic E-state index is 0.302. The SMILES string of the molecule is COc1ccc(C(NN)c2ncc(Cl)cc2Cl)c(F)c1. The van der Waals surface area contributed by atoms with E-state index in [0.29, 0.717) is 27.1 Å². The fraction of sp³-hybridized carbons (Fsp3) is 0.154. The molecule has 0 amide bonds. The van der Waals surface area contributed by atoms with Gasteiger partial charge in [-0.05, 0) is 12.1 Å². The minimum Gasteiger partial charge on any atom is -0.497 e. The summed E-state index contributed by atoms with van der Waals surface area (Å²) >= 11 is 11.9. The molecule has 3 N–H and O–H groups in total. The number of nitrogens with zero attached hydrogens (tertiary/aromatic N) is 1. The molecule has 0 aliphatic rings. The summed E-state index contributed by atoms with van der Waals surface area (Å²) in [5, 5.41) is 0.695. The molecule has 1 unspecified atom stereocenters. The second-order valence-electron chi connectivity index (χ2n) is 4.01. The van der Waals surface area contributed by atoms with Gasteiger partial charge in [-0.1, -0.05) is 29.3 Å². The van der Waals surface area contributed by atoms with Crippen LogP contribution in [0.25, 0.3) is 0 Å². The van der Waals surface area contributed by atoms with Crippen LogP contribution in [0.4, 0.5) is 4.39 Å². The fourth-order valence-corrected chi connectivity index (χ4v) is 2.31. The Morgan fingerprint density at radius 1 is 1.35 bits per heavy atom. The molecule has 0 bridgehead atoms. The number of nitrogens with two attached hydrogens (primary N) is 1. The zero-order chi connectivity index (χ0) is 14.7. The van der Waals surface area contributed by atoms with Crippen LogP contribution in [0.1, 0.15) is 17.3 Å². The molecule has 106 valence electrons. The molecule has 4 nitrogen and oxygen atoms in total. The second kappa shape index (κ2) is 6.37. The zero-order valence-electron chi connectivity index (χ0n) is 10.5. The van der Waals surface area contributed by atoms with Crippen molar-refractivity contribution in [2.75, 3.05) is 7.11 Å². The molecular formula is C13H12Cl2FN3O. The highest BCUT2D eigenvalue weighted by molar-refractivity contribution is 6.34. The van der Waals surface area contributed by atoms with Crippen LogP contribution in [0.15, 0.2) is 30.5 Å². The van der Waals surface area contributed by atoms with Gasteiger partial charge in [-0.15, -0.1) is 0 Å². The van der Waals surface area contributed by atoms with E-state index in [1.54, 1.807) is 12.1 Å². The average molecular weight is 316 g/mol. The van der Waals surface area contributed by atoms with Crippen molar-refractivity contribution in [2.45, 2.75) is 6.04 Å². The van der Waals surface area contributed by atoms with E-state index in [1.165, 1.54) is 25.4 Å². The quantitative estimate of drug-likeness (QED) is 0.672. The predicted octanol–water partition coefficient (Wildman–Crippen LogP) is 3.09. The Morgan fingerprint density at radius 3 is 2.65 bits per heavy atom. The van der Waals surface area contributed by atoms with Crippen molar-refractivity contribution in [1.29, 1.82) is 0 Å². The van der Waals surface area contributed by atoms with Crippen molar-refractivity contribution < 1.29 is 9.13 Å². The molecule has 1 heterocycles. The van der Waals surface area contributed by atoms with Gasteiger partial charge >= 0.3 is 0 Å². The molecule has 0 aliphatic heterocycles. The van der Waals surface area contributed by atoms with Gasteiger partial charge in [-0.2, -0.15) is 0 Å². The molecule has 0 radical (unpaired) electrons. The number of benzene rings is 1. The van der Waals surface area contributed by atoms with Crippen molar-refractivity contribution in [3.8, 4) is 5.75 Å². The summed E-state index contributed by atoms with van der Waals surface area (Å²) in [5.74, 6) is 5.45. The number of rotatable bonds is 4. The molecule has 1 aromatic heterocycles. The second-order valence-corrected chi connectivity index (χ2v) is 4.85. The van der Waals surface area contributed by atoms with Crippen molar-refractivity contribution >= 4 is 23.2 Å². The van der Waals surface area contributed by atoms with Crippen LogP contribution >= 0.6 is 23.2 Å². The highest BCUT2D eigenvalue weighted by Crippen LogP contribution is 2.30. The lowest BCUT2D eigenvalue weighted by atomic mass is 10.0. The van der Waals surface area contributed by atoms with Crippen molar-refractivity contribution in [3.63, 3.8) is 0 Å². The smallest absolute Gasteiger partial charge is 0.132 e. The summed E-state index contributed by atoms with van der Waals surface area (Å²) in [4.78, 5) is 4.10. The van der Waals surface area contributed by atoms with Gasteiger partial charge in [-0.3, -0.25) is 10.8 Å². The number of aromatic nitrogens is 1. The largest absolute Gasteiger partial charge is 0.497 e. The van der Waals surface area contributed by atoms with Crippen LogP contribution in [-0.2, 0) is 0 Å². The molecule has 20 heavy (non-hydrogen) atoms. The topological polar surface area (TPSA) is 60.2 Å². The minimum atomic E-state index is -0.689. The van der Waals surface area contributed by atoms with Gasteiger partial charge in [0.15, 0.2) is 0 Å². The van der Waals surface area contributed by atoms with Crippen LogP contribution in [0.2, 0.25) is 10.0 Å². The van der Waals surface area contributed by atoms with E-state index < -0.39 is 11.9 Å². The van der Waals surface area contributed by atoms with Crippen LogP contribution in [0.5, 0.6) is 5.75 Å². The number of methoxy groups -OCH3 is 1. The number of nitrogens with one attached hydrogen (secondary N) is 1. The first-order valence-electron chi connectivity index (χ1n) is 5.67. The first-order chi connectivity index (χ1) is 9.56. The summed E-state index contributed by atoms with van der Waals surface area (Å²) in [6.45, 7) is 0. The Morgan fingerprint density at radius 2 is 2.10 bits per heavy atom. The monoisotopic (exact) mass is 315 g/mol. The molecule has 0 saturated carbocycles. The first kappa shape index (κ1) is 15.0. The van der Waals surface area contributed by atoms with E-state index >= 15 is 0 Å². The van der Waals surface area contributed by atoms with Crippen LogP contribution in [0.3, 0.4) is 0 Å². The molecule has 2 rings (SSSR count). The van der Waals surface area contributed by atoms with Crippen LogP contribution in [-0.4, -0.2) is 12.1 Å².